The zero-order valence-electron chi connectivity index (χ0n) is 16.9. The minimum atomic E-state index is -0.181. The highest BCUT2D eigenvalue weighted by Crippen LogP contribution is 2.08. The van der Waals surface area contributed by atoms with Crippen LogP contribution in [0.2, 0.25) is 0 Å². The van der Waals surface area contributed by atoms with Gasteiger partial charge < -0.3 is 9.47 Å². The molecule has 0 aliphatic heterocycles. The number of unbranched alkanes of at least 4 members (excludes halogenated alkanes) is 12. The van der Waals surface area contributed by atoms with Crippen molar-refractivity contribution >= 4 is 11.9 Å². The summed E-state index contributed by atoms with van der Waals surface area (Å²) in [5, 5.41) is 0. The van der Waals surface area contributed by atoms with Gasteiger partial charge in [0.05, 0.1) is 13.2 Å². The van der Waals surface area contributed by atoms with E-state index in [4.69, 9.17) is 9.47 Å². The summed E-state index contributed by atoms with van der Waals surface area (Å²) in [7, 11) is 0. The molecule has 0 aromatic rings. The summed E-state index contributed by atoms with van der Waals surface area (Å²) in [6, 6.07) is 0. The van der Waals surface area contributed by atoms with Crippen molar-refractivity contribution in [2.24, 2.45) is 0 Å². The summed E-state index contributed by atoms with van der Waals surface area (Å²) in [4.78, 5) is 21.2. The number of hydrogen-bond acceptors (Lipinski definition) is 4. The van der Waals surface area contributed by atoms with E-state index in [0.717, 1.165) is 38.5 Å². The smallest absolute Gasteiger partial charge is 0.302 e. The molecule has 0 amide bonds. The maximum absolute atomic E-state index is 10.6. The van der Waals surface area contributed by atoms with Crippen LogP contribution in [0.1, 0.15) is 104 Å². The average molecular weight is 367 g/mol. The van der Waals surface area contributed by atoms with Gasteiger partial charge in [0.15, 0.2) is 0 Å². The van der Waals surface area contributed by atoms with Crippen LogP contribution in [0.5, 0.6) is 0 Å². The molecule has 0 N–H and O–H groups in total. The first-order valence-electron chi connectivity index (χ1n) is 10.4. The standard InChI is InChI=1S/C22H38O4/c1-21(23)25-19-17-15-13-11-9-7-5-3-4-6-8-10-12-14-16-18-20-26-22(2)24/h5-20H2,1-2H3. The Morgan fingerprint density at radius 3 is 1.19 bits per heavy atom. The van der Waals surface area contributed by atoms with Gasteiger partial charge in [-0.1, -0.05) is 51.4 Å². The molecule has 4 heteroatoms. The second kappa shape index (κ2) is 19.8. The maximum atomic E-state index is 10.6. The quantitative estimate of drug-likeness (QED) is 0.203. The third-order valence-electron chi connectivity index (χ3n) is 4.13. The number of carbonyl (C=O) groups excluding carboxylic acids is 2. The lowest BCUT2D eigenvalue weighted by Crippen LogP contribution is -2.00. The number of esters is 2. The normalized spacial score (nSPS) is 10.1. The third kappa shape index (κ3) is 22.5. The zero-order valence-corrected chi connectivity index (χ0v) is 16.9. The molecular weight excluding hydrogens is 328 g/mol. The summed E-state index contributed by atoms with van der Waals surface area (Å²) in [5.41, 5.74) is 0. The molecule has 0 aromatic carbocycles. The Morgan fingerprint density at radius 1 is 0.538 bits per heavy atom. The van der Waals surface area contributed by atoms with Crippen LogP contribution in [-0.2, 0) is 19.1 Å². The Hall–Kier alpha value is -1.50. The fourth-order valence-electron chi connectivity index (χ4n) is 2.65. The van der Waals surface area contributed by atoms with Gasteiger partial charge >= 0.3 is 11.9 Å². The Labute approximate surface area is 160 Å². The van der Waals surface area contributed by atoms with E-state index in [9.17, 15) is 9.59 Å². The van der Waals surface area contributed by atoms with Crippen LogP contribution in [0.4, 0.5) is 0 Å². The molecule has 0 spiro atoms. The fourth-order valence-corrected chi connectivity index (χ4v) is 2.65. The molecule has 0 rings (SSSR count). The first kappa shape index (κ1) is 24.5. The predicted molar refractivity (Wildman–Crippen MR) is 106 cm³/mol. The molecule has 0 bridgehead atoms. The molecule has 0 unspecified atom stereocenters. The largest absolute Gasteiger partial charge is 0.466 e. The fraction of sp³-hybridized carbons (Fsp3) is 0.818. The molecule has 0 aliphatic carbocycles. The van der Waals surface area contributed by atoms with E-state index in [-0.39, 0.29) is 11.9 Å². The molecule has 0 aliphatic rings. The topological polar surface area (TPSA) is 52.6 Å². The molecule has 26 heavy (non-hydrogen) atoms. The first-order valence-corrected chi connectivity index (χ1v) is 10.4. The van der Waals surface area contributed by atoms with Crippen LogP contribution >= 0.6 is 0 Å². The van der Waals surface area contributed by atoms with Gasteiger partial charge in [0, 0.05) is 26.7 Å². The van der Waals surface area contributed by atoms with Crippen molar-refractivity contribution in [1.82, 2.24) is 0 Å². The van der Waals surface area contributed by atoms with E-state index in [1.807, 2.05) is 0 Å². The van der Waals surface area contributed by atoms with Crippen molar-refractivity contribution in [1.29, 1.82) is 0 Å². The van der Waals surface area contributed by atoms with Gasteiger partial charge in [-0.15, -0.1) is 11.8 Å². The molecule has 0 atom stereocenters. The average Bonchev–Trinajstić information content (AvgIpc) is 2.59. The first-order chi connectivity index (χ1) is 12.6. The van der Waals surface area contributed by atoms with Gasteiger partial charge in [-0.2, -0.15) is 0 Å². The lowest BCUT2D eigenvalue weighted by Gasteiger charge is -2.02. The minimum Gasteiger partial charge on any atom is -0.466 e. The molecule has 4 nitrogen and oxygen atoms in total. The van der Waals surface area contributed by atoms with Crippen molar-refractivity contribution in [2.45, 2.75) is 104 Å². The van der Waals surface area contributed by atoms with Crippen LogP contribution in [-0.4, -0.2) is 25.2 Å². The van der Waals surface area contributed by atoms with Gasteiger partial charge in [0.2, 0.25) is 0 Å². The van der Waals surface area contributed by atoms with Crippen LogP contribution < -0.4 is 0 Å². The van der Waals surface area contributed by atoms with Gasteiger partial charge in [0.1, 0.15) is 0 Å². The van der Waals surface area contributed by atoms with Crippen LogP contribution in [0.15, 0.2) is 0 Å². The number of carbonyl (C=O) groups is 2. The number of rotatable bonds is 16. The van der Waals surface area contributed by atoms with Crippen molar-refractivity contribution in [3.8, 4) is 11.8 Å². The molecule has 150 valence electrons. The van der Waals surface area contributed by atoms with Crippen LogP contribution in [0.3, 0.4) is 0 Å². The second-order valence-corrected chi connectivity index (χ2v) is 6.78. The van der Waals surface area contributed by atoms with Gasteiger partial charge in [0.25, 0.3) is 0 Å². The number of hydrogen-bond donors (Lipinski definition) is 0. The Bertz CT molecular complexity index is 370. The van der Waals surface area contributed by atoms with E-state index in [1.165, 1.54) is 65.2 Å². The highest BCUT2D eigenvalue weighted by molar-refractivity contribution is 5.66. The summed E-state index contributed by atoms with van der Waals surface area (Å²) in [6.45, 7) is 4.04. The molecule has 0 radical (unpaired) electrons. The predicted octanol–water partition coefficient (Wildman–Crippen LogP) is 5.58. The molecule has 0 aromatic heterocycles. The second-order valence-electron chi connectivity index (χ2n) is 6.78. The lowest BCUT2D eigenvalue weighted by molar-refractivity contribution is -0.142. The summed E-state index contributed by atoms with van der Waals surface area (Å²) in [5.74, 6) is 6.20. The van der Waals surface area contributed by atoms with Gasteiger partial charge in [-0.05, 0) is 25.7 Å². The van der Waals surface area contributed by atoms with Crippen LogP contribution in [0.25, 0.3) is 0 Å². The van der Waals surface area contributed by atoms with E-state index in [0.29, 0.717) is 13.2 Å². The molecule has 0 fully saturated rings. The Balaban J connectivity index is 3.14. The highest BCUT2D eigenvalue weighted by Gasteiger charge is 1.95. The Morgan fingerprint density at radius 2 is 0.846 bits per heavy atom. The monoisotopic (exact) mass is 366 g/mol. The lowest BCUT2D eigenvalue weighted by atomic mass is 10.1. The third-order valence-corrected chi connectivity index (χ3v) is 4.13. The molecule has 0 saturated heterocycles. The summed E-state index contributed by atoms with van der Waals surface area (Å²) in [6.07, 6.45) is 16.1. The van der Waals surface area contributed by atoms with E-state index >= 15 is 0 Å². The molecule has 0 heterocycles. The van der Waals surface area contributed by atoms with Crippen LogP contribution in [0, 0.1) is 11.8 Å². The summed E-state index contributed by atoms with van der Waals surface area (Å²) < 4.78 is 9.81. The van der Waals surface area contributed by atoms with Crippen molar-refractivity contribution in [3.63, 3.8) is 0 Å². The van der Waals surface area contributed by atoms with Crippen molar-refractivity contribution in [3.05, 3.63) is 0 Å². The minimum absolute atomic E-state index is 0.181. The van der Waals surface area contributed by atoms with E-state index < -0.39 is 0 Å². The van der Waals surface area contributed by atoms with Crippen molar-refractivity contribution in [2.75, 3.05) is 13.2 Å². The van der Waals surface area contributed by atoms with E-state index in [1.54, 1.807) is 0 Å². The molecule has 0 saturated carbocycles. The number of ether oxygens (including phenoxy) is 2. The van der Waals surface area contributed by atoms with Gasteiger partial charge in [-0.3, -0.25) is 9.59 Å². The van der Waals surface area contributed by atoms with Gasteiger partial charge in [-0.25, -0.2) is 0 Å². The van der Waals surface area contributed by atoms with Crippen molar-refractivity contribution < 1.29 is 19.1 Å². The highest BCUT2D eigenvalue weighted by atomic mass is 16.5. The SMILES string of the molecule is CC(=O)OCCCCCCCCC#CCCCCCCCCOC(C)=O. The zero-order chi connectivity index (χ0) is 19.3. The Kier molecular flexibility index (Phi) is 18.7. The maximum Gasteiger partial charge on any atom is 0.302 e. The molecular formula is C22H38O4. The van der Waals surface area contributed by atoms with E-state index in [2.05, 4.69) is 11.8 Å². The summed E-state index contributed by atoms with van der Waals surface area (Å²) >= 11 is 0.